The maximum absolute atomic E-state index is 8.92. The molecule has 0 saturated heterocycles. The molecular formula is C13H19ClN4. The van der Waals surface area contributed by atoms with E-state index in [-0.39, 0.29) is 5.92 Å². The predicted molar refractivity (Wildman–Crippen MR) is 73.8 cm³/mol. The van der Waals surface area contributed by atoms with Crippen LogP contribution in [0.25, 0.3) is 0 Å². The van der Waals surface area contributed by atoms with Crippen molar-refractivity contribution in [1.29, 1.82) is 5.26 Å². The smallest absolute Gasteiger partial charge is 0.137 e. The molecule has 0 bridgehead atoms. The van der Waals surface area contributed by atoms with Crippen LogP contribution in [-0.4, -0.2) is 23.1 Å². The third-order valence-corrected chi connectivity index (χ3v) is 3.19. The zero-order valence-electron chi connectivity index (χ0n) is 11.4. The van der Waals surface area contributed by atoms with E-state index in [4.69, 9.17) is 16.9 Å². The van der Waals surface area contributed by atoms with Gasteiger partial charge in [-0.1, -0.05) is 18.5 Å². The molecule has 0 aliphatic heterocycles. The molecule has 0 N–H and O–H groups in total. The summed E-state index contributed by atoms with van der Waals surface area (Å²) in [6.07, 6.45) is 0.748. The zero-order chi connectivity index (χ0) is 13.7. The van der Waals surface area contributed by atoms with Gasteiger partial charge in [-0.2, -0.15) is 5.26 Å². The second-order valence-corrected chi connectivity index (χ2v) is 4.66. The average Bonchev–Trinajstić information content (AvgIpc) is 2.38. The molecule has 0 aliphatic rings. The summed E-state index contributed by atoms with van der Waals surface area (Å²) >= 11 is 6.13. The molecule has 1 atom stereocenters. The van der Waals surface area contributed by atoms with Crippen molar-refractivity contribution < 1.29 is 0 Å². The van der Waals surface area contributed by atoms with E-state index in [1.807, 2.05) is 27.7 Å². The van der Waals surface area contributed by atoms with Gasteiger partial charge in [0.1, 0.15) is 16.8 Å². The third kappa shape index (κ3) is 3.33. The number of hydrogen-bond donors (Lipinski definition) is 0. The number of hydrogen-bond acceptors (Lipinski definition) is 4. The van der Waals surface area contributed by atoms with Gasteiger partial charge in [0.2, 0.25) is 0 Å². The first-order chi connectivity index (χ1) is 8.53. The highest BCUT2D eigenvalue weighted by Crippen LogP contribution is 2.24. The van der Waals surface area contributed by atoms with Crippen LogP contribution < -0.4 is 4.90 Å². The first-order valence-electron chi connectivity index (χ1n) is 6.21. The van der Waals surface area contributed by atoms with Gasteiger partial charge in [0, 0.05) is 25.1 Å². The van der Waals surface area contributed by atoms with Crippen LogP contribution in [0.1, 0.15) is 32.2 Å². The lowest BCUT2D eigenvalue weighted by atomic mass is 10.2. The zero-order valence-corrected chi connectivity index (χ0v) is 12.1. The standard InChI is InChI=1S/C13H19ClN4/c1-5-11-16-12(14)10(4)13(17-11)18(6-2)8-9(3)7-15/h9H,5-6,8H2,1-4H3. The lowest BCUT2D eigenvalue weighted by Gasteiger charge is -2.25. The number of rotatable bonds is 5. The summed E-state index contributed by atoms with van der Waals surface area (Å²) in [4.78, 5) is 10.8. The minimum Gasteiger partial charge on any atom is -0.355 e. The highest BCUT2D eigenvalue weighted by molar-refractivity contribution is 6.30. The van der Waals surface area contributed by atoms with Gasteiger partial charge >= 0.3 is 0 Å². The van der Waals surface area contributed by atoms with Gasteiger partial charge in [-0.3, -0.25) is 0 Å². The molecule has 1 aromatic heterocycles. The van der Waals surface area contributed by atoms with Crippen LogP contribution in [-0.2, 0) is 6.42 Å². The molecule has 0 spiro atoms. The summed E-state index contributed by atoms with van der Waals surface area (Å²) in [5.41, 5.74) is 0.876. The van der Waals surface area contributed by atoms with Crippen LogP contribution >= 0.6 is 11.6 Å². The number of nitriles is 1. The fourth-order valence-corrected chi connectivity index (χ4v) is 1.91. The Kier molecular flexibility index (Phi) is 5.36. The summed E-state index contributed by atoms with van der Waals surface area (Å²) in [5, 5.41) is 9.42. The molecule has 0 amide bonds. The first-order valence-corrected chi connectivity index (χ1v) is 6.58. The highest BCUT2D eigenvalue weighted by Gasteiger charge is 2.16. The van der Waals surface area contributed by atoms with Crippen molar-refractivity contribution in [1.82, 2.24) is 9.97 Å². The number of aryl methyl sites for hydroxylation is 1. The van der Waals surface area contributed by atoms with Crippen LogP contribution in [0, 0.1) is 24.2 Å². The normalized spacial score (nSPS) is 12.0. The summed E-state index contributed by atoms with van der Waals surface area (Å²) in [6, 6.07) is 2.24. The largest absolute Gasteiger partial charge is 0.355 e. The topological polar surface area (TPSA) is 52.8 Å². The molecule has 0 aromatic carbocycles. The molecule has 4 nitrogen and oxygen atoms in total. The van der Waals surface area contributed by atoms with Gasteiger partial charge in [0.15, 0.2) is 0 Å². The molecule has 5 heteroatoms. The van der Waals surface area contributed by atoms with Crippen molar-refractivity contribution in [2.45, 2.75) is 34.1 Å². The molecule has 1 aromatic rings. The van der Waals surface area contributed by atoms with Crippen LogP contribution in [0.2, 0.25) is 5.15 Å². The quantitative estimate of drug-likeness (QED) is 0.769. The lowest BCUT2D eigenvalue weighted by Crippen LogP contribution is -2.29. The lowest BCUT2D eigenvalue weighted by molar-refractivity contribution is 0.674. The van der Waals surface area contributed by atoms with E-state index in [0.29, 0.717) is 11.7 Å². The Hall–Kier alpha value is -1.34. The van der Waals surface area contributed by atoms with Crippen molar-refractivity contribution in [3.05, 3.63) is 16.5 Å². The first kappa shape index (κ1) is 14.7. The van der Waals surface area contributed by atoms with Gasteiger partial charge in [0.05, 0.1) is 12.0 Å². The van der Waals surface area contributed by atoms with E-state index in [2.05, 4.69) is 20.9 Å². The Balaban J connectivity index is 3.12. The van der Waals surface area contributed by atoms with Crippen molar-refractivity contribution in [2.75, 3.05) is 18.0 Å². The maximum Gasteiger partial charge on any atom is 0.137 e. The summed E-state index contributed by atoms with van der Waals surface area (Å²) < 4.78 is 0. The monoisotopic (exact) mass is 266 g/mol. The Bertz CT molecular complexity index is 453. The van der Waals surface area contributed by atoms with Gasteiger partial charge < -0.3 is 4.90 Å². The van der Waals surface area contributed by atoms with Crippen molar-refractivity contribution in [3.63, 3.8) is 0 Å². The summed E-state index contributed by atoms with van der Waals surface area (Å²) in [7, 11) is 0. The second-order valence-electron chi connectivity index (χ2n) is 4.30. The molecule has 0 saturated carbocycles. The van der Waals surface area contributed by atoms with E-state index >= 15 is 0 Å². The van der Waals surface area contributed by atoms with E-state index in [9.17, 15) is 0 Å². The fourth-order valence-electron chi connectivity index (χ4n) is 1.72. The SMILES string of the molecule is CCc1nc(Cl)c(C)c(N(CC)CC(C)C#N)n1. The van der Waals surface area contributed by atoms with Gasteiger partial charge in [-0.15, -0.1) is 0 Å². The van der Waals surface area contributed by atoms with Crippen LogP contribution in [0.3, 0.4) is 0 Å². The predicted octanol–water partition coefficient (Wildman–Crippen LogP) is 2.99. The summed E-state index contributed by atoms with van der Waals surface area (Å²) in [5.74, 6) is 1.54. The van der Waals surface area contributed by atoms with Crippen molar-refractivity contribution in [3.8, 4) is 6.07 Å². The molecular weight excluding hydrogens is 248 g/mol. The van der Waals surface area contributed by atoms with Crippen LogP contribution in [0.4, 0.5) is 5.82 Å². The summed E-state index contributed by atoms with van der Waals surface area (Å²) in [6.45, 7) is 9.32. The highest BCUT2D eigenvalue weighted by atomic mass is 35.5. The molecule has 98 valence electrons. The Morgan fingerprint density at radius 1 is 1.39 bits per heavy atom. The molecule has 0 fully saturated rings. The Morgan fingerprint density at radius 3 is 2.56 bits per heavy atom. The van der Waals surface area contributed by atoms with Crippen molar-refractivity contribution >= 4 is 17.4 Å². The molecule has 0 aliphatic carbocycles. The molecule has 1 heterocycles. The van der Waals surface area contributed by atoms with E-state index in [0.717, 1.165) is 30.2 Å². The number of anilines is 1. The van der Waals surface area contributed by atoms with Crippen molar-refractivity contribution in [2.24, 2.45) is 5.92 Å². The number of halogens is 1. The Labute approximate surface area is 114 Å². The van der Waals surface area contributed by atoms with E-state index in [1.54, 1.807) is 0 Å². The molecule has 0 radical (unpaired) electrons. The average molecular weight is 267 g/mol. The fraction of sp³-hybridized carbons (Fsp3) is 0.615. The van der Waals surface area contributed by atoms with Gasteiger partial charge in [-0.05, 0) is 20.8 Å². The molecule has 1 unspecified atom stereocenters. The van der Waals surface area contributed by atoms with E-state index in [1.165, 1.54) is 0 Å². The van der Waals surface area contributed by atoms with Crippen LogP contribution in [0.5, 0.6) is 0 Å². The Morgan fingerprint density at radius 2 is 2.06 bits per heavy atom. The van der Waals surface area contributed by atoms with E-state index < -0.39 is 0 Å². The third-order valence-electron chi connectivity index (χ3n) is 2.82. The van der Waals surface area contributed by atoms with Crippen LogP contribution in [0.15, 0.2) is 0 Å². The minimum absolute atomic E-state index is 0.0387. The van der Waals surface area contributed by atoms with Gasteiger partial charge in [0.25, 0.3) is 0 Å². The molecule has 1 rings (SSSR count). The number of aromatic nitrogens is 2. The second kappa shape index (κ2) is 6.55. The number of nitrogens with zero attached hydrogens (tertiary/aromatic N) is 4. The van der Waals surface area contributed by atoms with Gasteiger partial charge in [-0.25, -0.2) is 9.97 Å². The molecule has 18 heavy (non-hydrogen) atoms. The minimum atomic E-state index is -0.0387. The maximum atomic E-state index is 8.92.